The summed E-state index contributed by atoms with van der Waals surface area (Å²) in [7, 11) is 0. The highest BCUT2D eigenvalue weighted by Gasteiger charge is 2.33. The molecule has 1 atom stereocenters. The lowest BCUT2D eigenvalue weighted by Crippen LogP contribution is -2.39. The first kappa shape index (κ1) is 21.2. The van der Waals surface area contributed by atoms with Gasteiger partial charge in [-0.25, -0.2) is 9.79 Å². The Kier molecular flexibility index (Phi) is 5.34. The number of H-pyrrole nitrogens is 1. The molecule has 0 aliphatic carbocycles. The molecule has 1 aliphatic rings. The van der Waals surface area contributed by atoms with E-state index in [9.17, 15) is 9.59 Å². The number of rotatable bonds is 4. The van der Waals surface area contributed by atoms with Crippen molar-refractivity contribution in [2.45, 2.75) is 26.8 Å². The number of carbonyl (C=O) groups is 1. The molecule has 1 unspecified atom stereocenters. The zero-order valence-corrected chi connectivity index (χ0v) is 19.4. The van der Waals surface area contributed by atoms with E-state index in [1.807, 2.05) is 67.7 Å². The first-order valence-electron chi connectivity index (χ1n) is 10.8. The van der Waals surface area contributed by atoms with E-state index in [-0.39, 0.29) is 12.2 Å². The summed E-state index contributed by atoms with van der Waals surface area (Å²) in [4.78, 5) is 35.0. The van der Waals surface area contributed by atoms with Gasteiger partial charge in [0.15, 0.2) is 4.80 Å². The zero-order chi connectivity index (χ0) is 23.1. The molecule has 3 heterocycles. The third-order valence-electron chi connectivity index (χ3n) is 5.82. The molecule has 2 aromatic carbocycles. The molecule has 2 aromatic heterocycles. The lowest BCUT2D eigenvalue weighted by molar-refractivity contribution is -0.139. The Labute approximate surface area is 194 Å². The van der Waals surface area contributed by atoms with E-state index in [0.717, 1.165) is 27.6 Å². The maximum atomic E-state index is 13.7. The van der Waals surface area contributed by atoms with Crippen molar-refractivity contribution in [1.29, 1.82) is 0 Å². The number of aromatic amines is 1. The molecule has 166 valence electrons. The van der Waals surface area contributed by atoms with Crippen LogP contribution in [0.5, 0.6) is 0 Å². The minimum atomic E-state index is -0.592. The average Bonchev–Trinajstić information content (AvgIpc) is 3.35. The Bertz CT molecular complexity index is 1590. The fourth-order valence-electron chi connectivity index (χ4n) is 4.21. The van der Waals surface area contributed by atoms with Crippen LogP contribution in [0.15, 0.2) is 75.8 Å². The van der Waals surface area contributed by atoms with Crippen molar-refractivity contribution >= 4 is 34.3 Å². The summed E-state index contributed by atoms with van der Waals surface area (Å²) in [5.41, 5.74) is 4.68. The average molecular weight is 458 g/mol. The topological polar surface area (TPSA) is 76.4 Å². The van der Waals surface area contributed by atoms with Crippen LogP contribution < -0.4 is 14.9 Å². The normalized spacial score (nSPS) is 16.1. The molecule has 0 saturated heterocycles. The highest BCUT2D eigenvalue weighted by Crippen LogP contribution is 2.30. The second-order valence-corrected chi connectivity index (χ2v) is 9.01. The fraction of sp³-hybridized carbons (Fsp3) is 0.192. The highest BCUT2D eigenvalue weighted by atomic mass is 32.1. The summed E-state index contributed by atoms with van der Waals surface area (Å²) in [5, 5.41) is 1.04. The van der Waals surface area contributed by atoms with Gasteiger partial charge in [-0.15, -0.1) is 0 Å². The van der Waals surface area contributed by atoms with E-state index < -0.39 is 12.0 Å². The predicted octanol–water partition coefficient (Wildman–Crippen LogP) is 3.59. The van der Waals surface area contributed by atoms with E-state index >= 15 is 0 Å². The van der Waals surface area contributed by atoms with Crippen LogP contribution in [-0.2, 0) is 9.53 Å². The third kappa shape index (κ3) is 3.64. The summed E-state index contributed by atoms with van der Waals surface area (Å²) < 4.78 is 7.53. The van der Waals surface area contributed by atoms with Crippen LogP contribution in [-0.4, -0.2) is 22.1 Å². The van der Waals surface area contributed by atoms with Gasteiger partial charge in [0.1, 0.15) is 0 Å². The van der Waals surface area contributed by atoms with E-state index in [0.29, 0.717) is 20.6 Å². The molecule has 5 rings (SSSR count). The van der Waals surface area contributed by atoms with Crippen LogP contribution in [0.1, 0.15) is 36.6 Å². The molecule has 0 saturated carbocycles. The number of para-hydroxylation sites is 1. The number of aromatic nitrogens is 2. The molecule has 33 heavy (non-hydrogen) atoms. The summed E-state index contributed by atoms with van der Waals surface area (Å²) in [6.07, 6.45) is 3.79. The van der Waals surface area contributed by atoms with Crippen molar-refractivity contribution in [3.63, 3.8) is 0 Å². The van der Waals surface area contributed by atoms with Crippen LogP contribution in [0.25, 0.3) is 17.0 Å². The SMILES string of the molecule is CCOC(=O)C1=C(C)N=c2sc(=Cc3c[nH]c4ccccc34)c(=O)n2C1c1ccc(C)cc1. The van der Waals surface area contributed by atoms with Gasteiger partial charge in [0, 0.05) is 22.7 Å². The number of esters is 1. The second-order valence-electron chi connectivity index (χ2n) is 8.00. The van der Waals surface area contributed by atoms with Gasteiger partial charge < -0.3 is 9.72 Å². The monoisotopic (exact) mass is 457 g/mol. The van der Waals surface area contributed by atoms with Crippen LogP contribution in [0.3, 0.4) is 0 Å². The molecule has 0 amide bonds. The van der Waals surface area contributed by atoms with Crippen molar-refractivity contribution in [2.24, 2.45) is 4.99 Å². The van der Waals surface area contributed by atoms with Gasteiger partial charge in [-0.1, -0.05) is 59.4 Å². The molecule has 4 aromatic rings. The highest BCUT2D eigenvalue weighted by molar-refractivity contribution is 7.07. The summed E-state index contributed by atoms with van der Waals surface area (Å²) in [5.74, 6) is -0.449. The second kappa shape index (κ2) is 8.33. The molecule has 0 fully saturated rings. The Hall–Kier alpha value is -3.71. The predicted molar refractivity (Wildman–Crippen MR) is 130 cm³/mol. The van der Waals surface area contributed by atoms with E-state index in [1.54, 1.807) is 18.4 Å². The van der Waals surface area contributed by atoms with Gasteiger partial charge in [0.2, 0.25) is 0 Å². The lowest BCUT2D eigenvalue weighted by atomic mass is 9.95. The lowest BCUT2D eigenvalue weighted by Gasteiger charge is -2.24. The maximum Gasteiger partial charge on any atom is 0.338 e. The smallest absolute Gasteiger partial charge is 0.338 e. The van der Waals surface area contributed by atoms with Gasteiger partial charge in [0.25, 0.3) is 5.56 Å². The standard InChI is InChI=1S/C26H23N3O3S/c1-4-32-25(31)22-16(3)28-26-29(23(22)17-11-9-15(2)10-12-17)24(30)21(33-26)13-18-14-27-20-8-6-5-7-19(18)20/h5-14,23,27H,4H2,1-3H3. The van der Waals surface area contributed by atoms with Crippen molar-refractivity contribution < 1.29 is 9.53 Å². The van der Waals surface area contributed by atoms with Gasteiger partial charge in [-0.3, -0.25) is 9.36 Å². The van der Waals surface area contributed by atoms with Gasteiger partial charge in [-0.2, -0.15) is 0 Å². The number of nitrogens with one attached hydrogen (secondary N) is 1. The molecule has 0 spiro atoms. The van der Waals surface area contributed by atoms with Crippen LogP contribution in [0.4, 0.5) is 0 Å². The van der Waals surface area contributed by atoms with Crippen molar-refractivity contribution in [2.75, 3.05) is 6.61 Å². The minimum absolute atomic E-state index is 0.177. The van der Waals surface area contributed by atoms with Gasteiger partial charge >= 0.3 is 5.97 Å². The maximum absolute atomic E-state index is 13.7. The number of allylic oxidation sites excluding steroid dienone is 1. The van der Waals surface area contributed by atoms with Gasteiger partial charge in [-0.05, 0) is 38.5 Å². The summed E-state index contributed by atoms with van der Waals surface area (Å²) >= 11 is 1.33. The molecular weight excluding hydrogens is 434 g/mol. The molecule has 1 N–H and O–H groups in total. The molecule has 0 bridgehead atoms. The van der Waals surface area contributed by atoms with Crippen LogP contribution in [0.2, 0.25) is 0 Å². The number of carbonyl (C=O) groups excluding carboxylic acids is 1. The molecule has 0 radical (unpaired) electrons. The molecular formula is C26H23N3O3S. The number of nitrogens with zero attached hydrogens (tertiary/aromatic N) is 2. The molecule has 1 aliphatic heterocycles. The number of hydrogen-bond donors (Lipinski definition) is 1. The number of hydrogen-bond acceptors (Lipinski definition) is 5. The number of ether oxygens (including phenoxy) is 1. The number of benzene rings is 2. The quantitative estimate of drug-likeness (QED) is 0.476. The zero-order valence-electron chi connectivity index (χ0n) is 18.6. The van der Waals surface area contributed by atoms with E-state index in [2.05, 4.69) is 9.98 Å². The molecule has 7 heteroatoms. The Morgan fingerprint density at radius 3 is 2.70 bits per heavy atom. The number of fused-ring (bicyclic) bond motifs is 2. The largest absolute Gasteiger partial charge is 0.463 e. The fourth-order valence-corrected chi connectivity index (χ4v) is 5.25. The van der Waals surface area contributed by atoms with E-state index in [4.69, 9.17) is 4.74 Å². The summed E-state index contributed by atoms with van der Waals surface area (Å²) in [6.45, 7) is 5.82. The number of thiazole rings is 1. The van der Waals surface area contributed by atoms with Gasteiger partial charge in [0.05, 0.1) is 28.5 Å². The minimum Gasteiger partial charge on any atom is -0.463 e. The van der Waals surface area contributed by atoms with Crippen molar-refractivity contribution in [1.82, 2.24) is 9.55 Å². The summed E-state index contributed by atoms with van der Waals surface area (Å²) in [6, 6.07) is 15.2. The Morgan fingerprint density at radius 2 is 1.94 bits per heavy atom. The first-order valence-corrected chi connectivity index (χ1v) is 11.6. The van der Waals surface area contributed by atoms with Crippen molar-refractivity contribution in [3.05, 3.63) is 102 Å². The number of aryl methyl sites for hydroxylation is 1. The molecule has 6 nitrogen and oxygen atoms in total. The van der Waals surface area contributed by atoms with Crippen LogP contribution >= 0.6 is 11.3 Å². The first-order chi connectivity index (χ1) is 16.0. The van der Waals surface area contributed by atoms with Crippen molar-refractivity contribution in [3.8, 4) is 0 Å². The third-order valence-corrected chi connectivity index (χ3v) is 6.80. The van der Waals surface area contributed by atoms with E-state index in [1.165, 1.54) is 11.3 Å². The van der Waals surface area contributed by atoms with Crippen LogP contribution in [0, 0.1) is 6.92 Å². The Morgan fingerprint density at radius 1 is 1.18 bits per heavy atom. The Balaban J connectivity index is 1.74.